The van der Waals surface area contributed by atoms with Crippen LogP contribution in [0.15, 0.2) is 0 Å². The first-order valence-electron chi connectivity index (χ1n) is 13.3. The van der Waals surface area contributed by atoms with Crippen LogP contribution >= 0.6 is 0 Å². The molecule has 0 aromatic heterocycles. The fourth-order valence-electron chi connectivity index (χ4n) is 3.53. The van der Waals surface area contributed by atoms with Gasteiger partial charge in [-0.3, -0.25) is 29.4 Å². The fraction of sp³-hybridized carbons (Fsp3) is 0.708. The third-order valence-corrected chi connectivity index (χ3v) is 5.86. The summed E-state index contributed by atoms with van der Waals surface area (Å²) in [4.78, 5) is 74.1. The van der Waals surface area contributed by atoms with Gasteiger partial charge in [0.1, 0.15) is 30.2 Å². The van der Waals surface area contributed by atoms with Gasteiger partial charge in [0.25, 0.3) is 0 Å². The molecule has 0 unspecified atom stereocenters. The maximum Gasteiger partial charge on any atom is 0.328 e. The Balaban J connectivity index is 5.94. The van der Waals surface area contributed by atoms with Gasteiger partial charge < -0.3 is 58.5 Å². The summed E-state index contributed by atoms with van der Waals surface area (Å²) in [5.74, 6) is -6.93. The number of carboxylic acids is 2. The van der Waals surface area contributed by atoms with Crippen LogP contribution in [0.2, 0.25) is 0 Å². The molecule has 18 heteroatoms. The number of hydrogen-bond acceptors (Lipinski definition) is 10. The van der Waals surface area contributed by atoms with Gasteiger partial charge in [0.2, 0.25) is 23.6 Å². The van der Waals surface area contributed by atoms with Crippen molar-refractivity contribution in [1.29, 1.82) is 5.41 Å². The van der Waals surface area contributed by atoms with Crippen LogP contribution in [0.4, 0.5) is 0 Å². The second kappa shape index (κ2) is 19.2. The number of rotatable bonds is 20. The highest BCUT2D eigenvalue weighted by Gasteiger charge is 2.32. The van der Waals surface area contributed by atoms with Crippen LogP contribution < -0.4 is 38.1 Å². The molecule has 0 aliphatic heterocycles. The van der Waals surface area contributed by atoms with E-state index in [4.69, 9.17) is 27.1 Å². The van der Waals surface area contributed by atoms with E-state index in [9.17, 15) is 39.0 Å². The number of aliphatic hydroxyl groups is 2. The highest BCUT2D eigenvalue weighted by Crippen LogP contribution is 2.09. The Hall–Kier alpha value is -4.03. The maximum atomic E-state index is 13.2. The van der Waals surface area contributed by atoms with E-state index in [1.54, 1.807) is 13.8 Å². The lowest BCUT2D eigenvalue weighted by molar-refractivity contribution is -0.143. The third kappa shape index (κ3) is 15.1. The van der Waals surface area contributed by atoms with Crippen LogP contribution in [0.1, 0.15) is 52.9 Å². The van der Waals surface area contributed by atoms with Gasteiger partial charge in [-0.1, -0.05) is 13.8 Å². The Labute approximate surface area is 242 Å². The number of carbonyl (C=O) groups is 6. The predicted molar refractivity (Wildman–Crippen MR) is 148 cm³/mol. The monoisotopic (exact) mass is 604 g/mol. The van der Waals surface area contributed by atoms with Gasteiger partial charge in [-0.25, -0.2) is 4.79 Å². The molecule has 6 atom stereocenters. The molecule has 0 fully saturated rings. The van der Waals surface area contributed by atoms with E-state index in [2.05, 4.69) is 26.6 Å². The van der Waals surface area contributed by atoms with Gasteiger partial charge >= 0.3 is 11.9 Å². The lowest BCUT2D eigenvalue weighted by Crippen LogP contribution is -2.59. The van der Waals surface area contributed by atoms with Crippen LogP contribution in [-0.2, 0) is 28.8 Å². The summed E-state index contributed by atoms with van der Waals surface area (Å²) in [6.45, 7) is 3.96. The van der Waals surface area contributed by atoms with Crippen molar-refractivity contribution in [2.45, 2.75) is 89.2 Å². The van der Waals surface area contributed by atoms with Gasteiger partial charge in [-0.2, -0.15) is 0 Å². The number of carbonyl (C=O) groups excluding carboxylic acids is 4. The van der Waals surface area contributed by atoms with Crippen molar-refractivity contribution in [3.8, 4) is 0 Å². The molecule has 18 nitrogen and oxygen atoms in total. The molecule has 0 bridgehead atoms. The number of hydrogen-bond donors (Lipinski definition) is 12. The molecular weight excluding hydrogens is 560 g/mol. The smallest absolute Gasteiger partial charge is 0.328 e. The second-order valence-corrected chi connectivity index (χ2v) is 10.1. The molecule has 0 rings (SSSR count). The van der Waals surface area contributed by atoms with Crippen molar-refractivity contribution in [3.63, 3.8) is 0 Å². The standard InChI is InChI=1S/C24H44N8O10/c1-11(2)9-15(21(39)32-16(10-33)23(41)42)31-20(38)14(6-7-17(35)36)29-19(37)13(5-4-8-28-24(26)27)30-22(40)18(25)12(3)34/h11-16,18,33-34H,4-10,25H2,1-3H3,(H,29,37)(H,30,40)(H,31,38)(H,32,39)(H,35,36)(H,41,42)(H4,26,27,28)/t12-,13+,14+,15+,16+,18+/m1/s1. The minimum atomic E-state index is -1.64. The van der Waals surface area contributed by atoms with Crippen LogP contribution in [-0.4, -0.2) is 111 Å². The van der Waals surface area contributed by atoms with Crippen LogP contribution in [0.5, 0.6) is 0 Å². The van der Waals surface area contributed by atoms with Crippen molar-refractivity contribution in [3.05, 3.63) is 0 Å². The average molecular weight is 605 g/mol. The number of nitrogens with one attached hydrogen (secondary N) is 6. The number of amides is 4. The highest BCUT2D eigenvalue weighted by molar-refractivity contribution is 5.95. The summed E-state index contributed by atoms with van der Waals surface area (Å²) >= 11 is 0. The lowest BCUT2D eigenvalue weighted by Gasteiger charge is -2.27. The van der Waals surface area contributed by atoms with E-state index in [0.29, 0.717) is 0 Å². The van der Waals surface area contributed by atoms with Crippen LogP contribution in [0.3, 0.4) is 0 Å². The van der Waals surface area contributed by atoms with E-state index < -0.39 is 91.3 Å². The maximum absolute atomic E-state index is 13.2. The van der Waals surface area contributed by atoms with Crippen molar-refractivity contribution < 1.29 is 49.2 Å². The minimum Gasteiger partial charge on any atom is -0.481 e. The molecule has 4 amide bonds. The van der Waals surface area contributed by atoms with E-state index in [-0.39, 0.29) is 37.7 Å². The van der Waals surface area contributed by atoms with Crippen molar-refractivity contribution in [1.82, 2.24) is 26.6 Å². The summed E-state index contributed by atoms with van der Waals surface area (Å²) < 4.78 is 0. The lowest BCUT2D eigenvalue weighted by atomic mass is 10.0. The molecule has 0 saturated heterocycles. The van der Waals surface area contributed by atoms with E-state index in [0.717, 1.165) is 0 Å². The molecule has 0 saturated carbocycles. The molecule has 14 N–H and O–H groups in total. The Morgan fingerprint density at radius 2 is 1.26 bits per heavy atom. The van der Waals surface area contributed by atoms with Crippen LogP contribution in [0, 0.1) is 11.3 Å². The fourth-order valence-corrected chi connectivity index (χ4v) is 3.53. The van der Waals surface area contributed by atoms with Gasteiger partial charge in [0.15, 0.2) is 5.96 Å². The molecule has 0 radical (unpaired) electrons. The molecule has 0 heterocycles. The molecule has 0 aliphatic carbocycles. The molecule has 0 spiro atoms. The van der Waals surface area contributed by atoms with Crippen molar-refractivity contribution in [2.24, 2.45) is 17.4 Å². The Morgan fingerprint density at radius 3 is 1.71 bits per heavy atom. The Morgan fingerprint density at radius 1 is 0.786 bits per heavy atom. The van der Waals surface area contributed by atoms with Crippen molar-refractivity contribution in [2.75, 3.05) is 13.2 Å². The largest absolute Gasteiger partial charge is 0.481 e. The van der Waals surface area contributed by atoms with Gasteiger partial charge in [0, 0.05) is 13.0 Å². The summed E-state index contributed by atoms with van der Waals surface area (Å²) in [6.07, 6.45) is -2.01. The number of guanidine groups is 1. The minimum absolute atomic E-state index is 0.0340. The van der Waals surface area contributed by atoms with Gasteiger partial charge in [0.05, 0.1) is 12.7 Å². The van der Waals surface area contributed by atoms with E-state index in [1.165, 1.54) is 6.92 Å². The summed E-state index contributed by atoms with van der Waals surface area (Å²) in [7, 11) is 0. The zero-order chi connectivity index (χ0) is 32.6. The number of aliphatic carboxylic acids is 2. The zero-order valence-corrected chi connectivity index (χ0v) is 23.9. The Bertz CT molecular complexity index is 962. The number of aliphatic hydroxyl groups excluding tert-OH is 2. The summed E-state index contributed by atoms with van der Waals surface area (Å²) in [6, 6.07) is -7.12. The molecule has 240 valence electrons. The highest BCUT2D eigenvalue weighted by atomic mass is 16.4. The first-order chi connectivity index (χ1) is 19.5. The first kappa shape index (κ1) is 38.0. The molecule has 0 aromatic rings. The third-order valence-electron chi connectivity index (χ3n) is 5.86. The second-order valence-electron chi connectivity index (χ2n) is 10.1. The zero-order valence-electron chi connectivity index (χ0n) is 23.9. The molecule has 0 aliphatic rings. The topological polar surface area (TPSA) is 319 Å². The molecule has 42 heavy (non-hydrogen) atoms. The molecular formula is C24H44N8O10. The predicted octanol–water partition coefficient (Wildman–Crippen LogP) is -4.12. The van der Waals surface area contributed by atoms with Gasteiger partial charge in [-0.05, 0) is 38.5 Å². The summed E-state index contributed by atoms with van der Waals surface area (Å²) in [5.41, 5.74) is 10.9. The number of nitrogens with two attached hydrogens (primary N) is 2. The van der Waals surface area contributed by atoms with E-state index >= 15 is 0 Å². The summed E-state index contributed by atoms with van der Waals surface area (Å²) in [5, 5.41) is 56.1. The number of carboxylic acid groups (broad SMARTS) is 2. The first-order valence-corrected chi connectivity index (χ1v) is 13.3. The normalized spacial score (nSPS) is 15.2. The van der Waals surface area contributed by atoms with Crippen molar-refractivity contribution >= 4 is 41.5 Å². The van der Waals surface area contributed by atoms with E-state index in [1.807, 2.05) is 0 Å². The van der Waals surface area contributed by atoms with Gasteiger partial charge in [-0.15, -0.1) is 0 Å². The average Bonchev–Trinajstić information content (AvgIpc) is 2.88. The Kier molecular flexibility index (Phi) is 17.3. The molecule has 0 aromatic carbocycles. The van der Waals surface area contributed by atoms with Crippen LogP contribution in [0.25, 0.3) is 0 Å². The SMILES string of the molecule is CC(C)C[C@H](NC(=O)[C@H](CCC(=O)O)NC(=O)[C@H](CCCNC(=N)N)NC(=O)[C@@H](N)[C@@H](C)O)C(=O)N[C@@H](CO)C(=O)O. The quantitative estimate of drug-likeness (QED) is 0.0357.